The van der Waals surface area contributed by atoms with Crippen LogP contribution in [0.4, 0.5) is 0 Å². The van der Waals surface area contributed by atoms with Gasteiger partial charge in [0.2, 0.25) is 0 Å². The highest BCUT2D eigenvalue weighted by Gasteiger charge is 2.12. The molecule has 0 saturated carbocycles. The Morgan fingerprint density at radius 1 is 1.29 bits per heavy atom. The lowest BCUT2D eigenvalue weighted by Crippen LogP contribution is -2.32. The first-order chi connectivity index (χ1) is 10.1. The van der Waals surface area contributed by atoms with E-state index in [-0.39, 0.29) is 0 Å². The smallest absolute Gasteiger partial charge is 0.320 e. The van der Waals surface area contributed by atoms with Crippen molar-refractivity contribution in [3.8, 4) is 11.1 Å². The molecule has 6 heteroatoms. The van der Waals surface area contributed by atoms with Crippen LogP contribution in [0, 0.1) is 0 Å². The zero-order valence-corrected chi connectivity index (χ0v) is 11.8. The van der Waals surface area contributed by atoms with Crippen LogP contribution in [0.3, 0.4) is 0 Å². The van der Waals surface area contributed by atoms with Crippen molar-refractivity contribution < 1.29 is 9.90 Å². The van der Waals surface area contributed by atoms with Crippen molar-refractivity contribution in [1.29, 1.82) is 0 Å². The number of carboxylic acids is 1. The maximum absolute atomic E-state index is 10.7. The van der Waals surface area contributed by atoms with Crippen LogP contribution >= 0.6 is 0 Å². The Kier molecular flexibility index (Phi) is 5.08. The van der Waals surface area contributed by atoms with E-state index in [1.165, 1.54) is 0 Å². The van der Waals surface area contributed by atoms with Crippen LogP contribution in [0.5, 0.6) is 0 Å². The SMILES string of the molecule is NCCCn1cc(-c2ccc(C[C@H](N)C(=O)O)cc2)cn1. The zero-order chi connectivity index (χ0) is 15.2. The Bertz CT molecular complexity index is 592. The minimum absolute atomic E-state index is 0.325. The molecule has 21 heavy (non-hydrogen) atoms. The number of nitrogens with zero attached hydrogens (tertiary/aromatic N) is 2. The van der Waals surface area contributed by atoms with Crippen LogP contribution < -0.4 is 11.5 Å². The van der Waals surface area contributed by atoms with Gasteiger partial charge in [-0.25, -0.2) is 0 Å². The van der Waals surface area contributed by atoms with Crippen molar-refractivity contribution in [3.05, 3.63) is 42.2 Å². The minimum atomic E-state index is -0.986. The Balaban J connectivity index is 2.04. The summed E-state index contributed by atoms with van der Waals surface area (Å²) >= 11 is 0. The molecule has 0 amide bonds. The summed E-state index contributed by atoms with van der Waals surface area (Å²) in [4.78, 5) is 10.7. The molecule has 1 aromatic heterocycles. The molecule has 0 spiro atoms. The van der Waals surface area contributed by atoms with Gasteiger partial charge in [0.1, 0.15) is 6.04 Å². The van der Waals surface area contributed by atoms with Gasteiger partial charge in [-0.05, 0) is 30.5 Å². The van der Waals surface area contributed by atoms with Gasteiger partial charge in [-0.15, -0.1) is 0 Å². The van der Waals surface area contributed by atoms with E-state index in [1.807, 2.05) is 41.3 Å². The average Bonchev–Trinajstić information content (AvgIpc) is 2.94. The van der Waals surface area contributed by atoms with E-state index < -0.39 is 12.0 Å². The van der Waals surface area contributed by atoms with E-state index in [1.54, 1.807) is 0 Å². The monoisotopic (exact) mass is 288 g/mol. The molecule has 1 heterocycles. The number of hydrogen-bond acceptors (Lipinski definition) is 4. The molecule has 0 aliphatic rings. The number of aromatic nitrogens is 2. The largest absolute Gasteiger partial charge is 0.480 e. The van der Waals surface area contributed by atoms with Crippen LogP contribution in [-0.4, -0.2) is 33.4 Å². The Hall–Kier alpha value is -2.18. The highest BCUT2D eigenvalue weighted by molar-refractivity contribution is 5.73. The fraction of sp³-hybridized carbons (Fsp3) is 0.333. The number of hydrogen-bond donors (Lipinski definition) is 3. The zero-order valence-electron chi connectivity index (χ0n) is 11.8. The third-order valence-electron chi connectivity index (χ3n) is 3.28. The molecule has 0 saturated heterocycles. The molecule has 0 unspecified atom stereocenters. The number of aryl methyl sites for hydroxylation is 1. The average molecular weight is 288 g/mol. The molecule has 1 aromatic carbocycles. The second-order valence-corrected chi connectivity index (χ2v) is 4.98. The van der Waals surface area contributed by atoms with Crippen molar-refractivity contribution >= 4 is 5.97 Å². The maximum Gasteiger partial charge on any atom is 0.320 e. The Morgan fingerprint density at radius 3 is 2.62 bits per heavy atom. The van der Waals surface area contributed by atoms with Gasteiger partial charge in [0.15, 0.2) is 0 Å². The number of aliphatic carboxylic acids is 1. The van der Waals surface area contributed by atoms with Crippen molar-refractivity contribution in [2.75, 3.05) is 6.54 Å². The summed E-state index contributed by atoms with van der Waals surface area (Å²) < 4.78 is 1.87. The first-order valence-corrected chi connectivity index (χ1v) is 6.90. The van der Waals surface area contributed by atoms with Crippen molar-refractivity contribution in [2.45, 2.75) is 25.4 Å². The molecule has 1 atom stereocenters. The van der Waals surface area contributed by atoms with E-state index in [9.17, 15) is 4.79 Å². The van der Waals surface area contributed by atoms with E-state index in [2.05, 4.69) is 5.10 Å². The van der Waals surface area contributed by atoms with Crippen LogP contribution in [-0.2, 0) is 17.8 Å². The molecule has 0 bridgehead atoms. The van der Waals surface area contributed by atoms with Gasteiger partial charge in [-0.1, -0.05) is 24.3 Å². The third-order valence-corrected chi connectivity index (χ3v) is 3.28. The maximum atomic E-state index is 10.7. The first-order valence-electron chi connectivity index (χ1n) is 6.90. The third kappa shape index (κ3) is 4.14. The summed E-state index contributed by atoms with van der Waals surface area (Å²) in [6, 6.07) is 6.84. The lowest BCUT2D eigenvalue weighted by molar-refractivity contribution is -0.138. The van der Waals surface area contributed by atoms with E-state index in [0.29, 0.717) is 13.0 Å². The molecule has 0 radical (unpaired) electrons. The van der Waals surface area contributed by atoms with Crippen LogP contribution in [0.2, 0.25) is 0 Å². The lowest BCUT2D eigenvalue weighted by Gasteiger charge is -2.06. The van der Waals surface area contributed by atoms with Gasteiger partial charge in [0.05, 0.1) is 6.20 Å². The molecule has 5 N–H and O–H groups in total. The van der Waals surface area contributed by atoms with Gasteiger partial charge in [0.25, 0.3) is 0 Å². The fourth-order valence-electron chi connectivity index (χ4n) is 2.06. The van der Waals surface area contributed by atoms with Gasteiger partial charge >= 0.3 is 5.97 Å². The number of rotatable bonds is 7. The molecule has 0 aliphatic carbocycles. The molecular weight excluding hydrogens is 268 g/mol. The van der Waals surface area contributed by atoms with Crippen molar-refractivity contribution in [2.24, 2.45) is 11.5 Å². The normalized spacial score (nSPS) is 12.3. The fourth-order valence-corrected chi connectivity index (χ4v) is 2.06. The second kappa shape index (κ2) is 7.01. The quantitative estimate of drug-likeness (QED) is 0.700. The van der Waals surface area contributed by atoms with Crippen molar-refractivity contribution in [3.63, 3.8) is 0 Å². The standard InChI is InChI=1S/C15H20N4O2/c16-6-1-7-19-10-13(9-18-19)12-4-2-11(3-5-12)8-14(17)15(20)21/h2-5,9-10,14H,1,6-8,16-17H2,(H,20,21)/t14-/m0/s1. The van der Waals surface area contributed by atoms with E-state index in [4.69, 9.17) is 16.6 Å². The van der Waals surface area contributed by atoms with E-state index in [0.717, 1.165) is 29.7 Å². The summed E-state index contributed by atoms with van der Waals surface area (Å²) in [5.41, 5.74) is 14.0. The molecular formula is C15H20N4O2. The van der Waals surface area contributed by atoms with Gasteiger partial charge in [-0.3, -0.25) is 9.48 Å². The molecule has 0 aliphatic heterocycles. The predicted octanol–water partition coefficient (Wildman–Crippen LogP) is 0.853. The van der Waals surface area contributed by atoms with Crippen molar-refractivity contribution in [1.82, 2.24) is 9.78 Å². The van der Waals surface area contributed by atoms with E-state index >= 15 is 0 Å². The summed E-state index contributed by atoms with van der Waals surface area (Å²) in [5.74, 6) is -0.986. The van der Waals surface area contributed by atoms with Crippen LogP contribution in [0.25, 0.3) is 11.1 Å². The number of nitrogens with two attached hydrogens (primary N) is 2. The van der Waals surface area contributed by atoms with Crippen LogP contribution in [0.15, 0.2) is 36.7 Å². The predicted molar refractivity (Wildman–Crippen MR) is 80.6 cm³/mol. The molecule has 6 nitrogen and oxygen atoms in total. The van der Waals surface area contributed by atoms with Gasteiger partial charge in [-0.2, -0.15) is 5.10 Å². The summed E-state index contributed by atoms with van der Waals surface area (Å²) in [6.07, 6.45) is 5.01. The topological polar surface area (TPSA) is 107 Å². The number of benzene rings is 1. The summed E-state index contributed by atoms with van der Waals surface area (Å²) in [6.45, 7) is 1.45. The first kappa shape index (κ1) is 15.2. The second-order valence-electron chi connectivity index (χ2n) is 4.98. The Morgan fingerprint density at radius 2 is 2.00 bits per heavy atom. The van der Waals surface area contributed by atoms with Gasteiger partial charge < -0.3 is 16.6 Å². The molecule has 112 valence electrons. The lowest BCUT2D eigenvalue weighted by atomic mass is 10.0. The highest BCUT2D eigenvalue weighted by Crippen LogP contribution is 2.19. The molecule has 2 aromatic rings. The number of carbonyl (C=O) groups is 1. The number of carboxylic acid groups (broad SMARTS) is 1. The highest BCUT2D eigenvalue weighted by atomic mass is 16.4. The van der Waals surface area contributed by atoms with Crippen LogP contribution in [0.1, 0.15) is 12.0 Å². The Labute approximate surface area is 123 Å². The summed E-state index contributed by atoms with van der Waals surface area (Å²) in [7, 11) is 0. The minimum Gasteiger partial charge on any atom is -0.480 e. The molecule has 2 rings (SSSR count). The summed E-state index contributed by atoms with van der Waals surface area (Å²) in [5, 5.41) is 13.1. The molecule has 0 fully saturated rings. The van der Waals surface area contributed by atoms with Gasteiger partial charge in [0, 0.05) is 18.3 Å².